The first-order chi connectivity index (χ1) is 13.1. The van der Waals surface area contributed by atoms with Gasteiger partial charge in [-0.3, -0.25) is 9.59 Å². The minimum atomic E-state index is -0.314. The highest BCUT2D eigenvalue weighted by molar-refractivity contribution is 6.31. The van der Waals surface area contributed by atoms with Crippen molar-refractivity contribution in [3.05, 3.63) is 64.2 Å². The third-order valence-electron chi connectivity index (χ3n) is 4.23. The summed E-state index contributed by atoms with van der Waals surface area (Å²) in [6, 6.07) is 12.7. The molecule has 6 heteroatoms. The molecule has 28 heavy (non-hydrogen) atoms. The molecule has 2 aromatic rings. The Balaban J connectivity index is 1.91. The molecule has 2 amide bonds. The van der Waals surface area contributed by atoms with Gasteiger partial charge < -0.3 is 5.32 Å². The Morgan fingerprint density at radius 3 is 2.29 bits per heavy atom. The van der Waals surface area contributed by atoms with Gasteiger partial charge in [0.1, 0.15) is 0 Å². The molecule has 0 saturated carbocycles. The first-order valence-electron chi connectivity index (χ1n) is 9.06. The lowest BCUT2D eigenvalue weighted by atomic mass is 9.87. The van der Waals surface area contributed by atoms with Crippen LogP contribution in [-0.2, 0) is 10.2 Å². The Morgan fingerprint density at radius 2 is 1.71 bits per heavy atom. The van der Waals surface area contributed by atoms with Gasteiger partial charge in [0, 0.05) is 22.0 Å². The number of anilines is 1. The summed E-state index contributed by atoms with van der Waals surface area (Å²) in [6.07, 6.45) is 0.0642. The Morgan fingerprint density at radius 1 is 1.07 bits per heavy atom. The molecule has 0 radical (unpaired) electrons. The van der Waals surface area contributed by atoms with Crippen LogP contribution < -0.4 is 10.7 Å². The van der Waals surface area contributed by atoms with E-state index in [0.717, 1.165) is 11.1 Å². The van der Waals surface area contributed by atoms with Gasteiger partial charge in [0.2, 0.25) is 5.91 Å². The predicted molar refractivity (Wildman–Crippen MR) is 115 cm³/mol. The number of carbonyl (C=O) groups is 2. The van der Waals surface area contributed by atoms with Gasteiger partial charge in [-0.2, -0.15) is 5.10 Å². The number of hydrazone groups is 1. The Hall–Kier alpha value is -2.66. The lowest BCUT2D eigenvalue weighted by Crippen LogP contribution is -2.21. The molecule has 5 nitrogen and oxygen atoms in total. The van der Waals surface area contributed by atoms with E-state index < -0.39 is 0 Å². The minimum absolute atomic E-state index is 0.0266. The second-order valence-corrected chi connectivity index (χ2v) is 8.21. The third kappa shape index (κ3) is 6.20. The van der Waals surface area contributed by atoms with E-state index >= 15 is 0 Å². The maximum atomic E-state index is 12.2. The Labute approximate surface area is 171 Å². The van der Waals surface area contributed by atoms with Crippen molar-refractivity contribution in [2.75, 3.05) is 5.32 Å². The van der Waals surface area contributed by atoms with Crippen LogP contribution in [-0.4, -0.2) is 17.5 Å². The minimum Gasteiger partial charge on any atom is -0.326 e. The SMILES string of the molecule is C/C(CC(=O)Nc1ccc(C)c(Cl)c1)=N/NC(=O)c1ccc(C(C)(C)C)cc1. The molecule has 0 aliphatic heterocycles. The topological polar surface area (TPSA) is 70.6 Å². The summed E-state index contributed by atoms with van der Waals surface area (Å²) in [5, 5.41) is 7.37. The van der Waals surface area contributed by atoms with Crippen LogP contribution in [0.1, 0.15) is 55.6 Å². The quantitative estimate of drug-likeness (QED) is 0.543. The summed E-state index contributed by atoms with van der Waals surface area (Å²) in [5.74, 6) is -0.546. The highest BCUT2D eigenvalue weighted by Crippen LogP contribution is 2.22. The summed E-state index contributed by atoms with van der Waals surface area (Å²) in [4.78, 5) is 24.3. The fourth-order valence-electron chi connectivity index (χ4n) is 2.48. The van der Waals surface area contributed by atoms with Gasteiger partial charge in [0.05, 0.1) is 6.42 Å². The number of hydrogen-bond donors (Lipinski definition) is 2. The molecule has 0 fully saturated rings. The number of hydrogen-bond acceptors (Lipinski definition) is 3. The van der Waals surface area contributed by atoms with E-state index in [1.807, 2.05) is 25.1 Å². The van der Waals surface area contributed by atoms with Crippen molar-refractivity contribution < 1.29 is 9.59 Å². The molecular formula is C22H26ClN3O2. The maximum Gasteiger partial charge on any atom is 0.271 e. The molecule has 0 aliphatic rings. The van der Waals surface area contributed by atoms with Crippen molar-refractivity contribution in [3.8, 4) is 0 Å². The van der Waals surface area contributed by atoms with Crippen LogP contribution >= 0.6 is 11.6 Å². The molecule has 2 N–H and O–H groups in total. The summed E-state index contributed by atoms with van der Waals surface area (Å²) in [7, 11) is 0. The average molecular weight is 400 g/mol. The number of carbonyl (C=O) groups excluding carboxylic acids is 2. The van der Waals surface area contributed by atoms with Gasteiger partial charge >= 0.3 is 0 Å². The molecule has 2 aromatic carbocycles. The highest BCUT2D eigenvalue weighted by Gasteiger charge is 2.14. The van der Waals surface area contributed by atoms with E-state index in [9.17, 15) is 9.59 Å². The van der Waals surface area contributed by atoms with Crippen LogP contribution in [0, 0.1) is 6.92 Å². The first kappa shape index (κ1) is 21.6. The summed E-state index contributed by atoms with van der Waals surface area (Å²) in [6.45, 7) is 9.93. The largest absolute Gasteiger partial charge is 0.326 e. The van der Waals surface area contributed by atoms with Gasteiger partial charge in [-0.05, 0) is 54.7 Å². The van der Waals surface area contributed by atoms with Crippen LogP contribution in [0.4, 0.5) is 5.69 Å². The van der Waals surface area contributed by atoms with Crippen molar-refractivity contribution in [2.45, 2.75) is 46.5 Å². The molecule has 0 spiro atoms. The molecule has 0 atom stereocenters. The van der Waals surface area contributed by atoms with Gasteiger partial charge in [-0.25, -0.2) is 5.43 Å². The Kier molecular flexibility index (Phi) is 6.97. The number of aryl methyl sites for hydroxylation is 1. The number of benzene rings is 2. The van der Waals surface area contributed by atoms with E-state index in [-0.39, 0.29) is 23.7 Å². The molecule has 0 heterocycles. The zero-order chi connectivity index (χ0) is 20.9. The lowest BCUT2D eigenvalue weighted by Gasteiger charge is -2.18. The zero-order valence-electron chi connectivity index (χ0n) is 16.9. The first-order valence-corrected chi connectivity index (χ1v) is 9.44. The smallest absolute Gasteiger partial charge is 0.271 e. The van der Waals surface area contributed by atoms with Crippen molar-refractivity contribution in [1.29, 1.82) is 0 Å². The fourth-order valence-corrected chi connectivity index (χ4v) is 2.66. The number of nitrogens with zero attached hydrogens (tertiary/aromatic N) is 1. The summed E-state index contributed by atoms with van der Waals surface area (Å²) >= 11 is 6.06. The van der Waals surface area contributed by atoms with E-state index in [1.165, 1.54) is 0 Å². The van der Waals surface area contributed by atoms with Crippen LogP contribution in [0.15, 0.2) is 47.6 Å². The van der Waals surface area contributed by atoms with Crippen LogP contribution in [0.3, 0.4) is 0 Å². The zero-order valence-corrected chi connectivity index (χ0v) is 17.6. The van der Waals surface area contributed by atoms with Gasteiger partial charge in [-0.15, -0.1) is 0 Å². The lowest BCUT2D eigenvalue weighted by molar-refractivity contribution is -0.115. The number of halogens is 1. The van der Waals surface area contributed by atoms with Gasteiger partial charge in [-0.1, -0.05) is 50.6 Å². The van der Waals surface area contributed by atoms with Crippen LogP contribution in [0.25, 0.3) is 0 Å². The number of nitrogens with one attached hydrogen (secondary N) is 2. The molecule has 0 aliphatic carbocycles. The van der Waals surface area contributed by atoms with Gasteiger partial charge in [0.15, 0.2) is 0 Å². The van der Waals surface area contributed by atoms with E-state index in [2.05, 4.69) is 36.6 Å². The standard InChI is InChI=1S/C22H26ClN3O2/c1-14-6-11-18(13-19(14)23)24-20(27)12-15(2)25-26-21(28)16-7-9-17(10-8-16)22(3,4)5/h6-11,13H,12H2,1-5H3,(H,24,27)(H,26,28)/b25-15-. The summed E-state index contributed by atoms with van der Waals surface area (Å²) in [5.41, 5.74) is 6.24. The second-order valence-electron chi connectivity index (χ2n) is 7.80. The molecule has 0 saturated heterocycles. The maximum absolute atomic E-state index is 12.2. The normalized spacial score (nSPS) is 11.9. The van der Waals surface area contributed by atoms with Crippen molar-refractivity contribution in [2.24, 2.45) is 5.10 Å². The number of rotatable bonds is 5. The van der Waals surface area contributed by atoms with Crippen molar-refractivity contribution >= 4 is 34.8 Å². The predicted octanol–water partition coefficient (Wildman–Crippen LogP) is 5.08. The highest BCUT2D eigenvalue weighted by atomic mass is 35.5. The molecular weight excluding hydrogens is 374 g/mol. The van der Waals surface area contributed by atoms with Crippen LogP contribution in [0.2, 0.25) is 5.02 Å². The van der Waals surface area contributed by atoms with Crippen molar-refractivity contribution in [1.82, 2.24) is 5.43 Å². The van der Waals surface area contributed by atoms with E-state index in [1.54, 1.807) is 31.2 Å². The molecule has 148 valence electrons. The Bertz CT molecular complexity index is 897. The number of amides is 2. The fraction of sp³-hybridized carbons (Fsp3) is 0.318. The molecule has 0 aromatic heterocycles. The monoisotopic (exact) mass is 399 g/mol. The summed E-state index contributed by atoms with van der Waals surface area (Å²) < 4.78 is 0. The molecule has 0 unspecified atom stereocenters. The second kappa shape index (κ2) is 9.02. The average Bonchev–Trinajstić information content (AvgIpc) is 2.62. The molecule has 0 bridgehead atoms. The van der Waals surface area contributed by atoms with E-state index in [4.69, 9.17) is 11.6 Å². The molecule has 2 rings (SSSR count). The third-order valence-corrected chi connectivity index (χ3v) is 4.64. The van der Waals surface area contributed by atoms with Crippen LogP contribution in [0.5, 0.6) is 0 Å². The van der Waals surface area contributed by atoms with Crippen molar-refractivity contribution in [3.63, 3.8) is 0 Å². The van der Waals surface area contributed by atoms with E-state index in [0.29, 0.717) is 22.0 Å². The van der Waals surface area contributed by atoms with Gasteiger partial charge in [0.25, 0.3) is 5.91 Å².